The fraction of sp³-hybridized carbons (Fsp3) is 0.333. The van der Waals surface area contributed by atoms with Gasteiger partial charge in [0.2, 0.25) is 0 Å². The topological polar surface area (TPSA) is 57.7 Å². The van der Waals surface area contributed by atoms with Crippen LogP contribution in [0, 0.1) is 11.8 Å². The van der Waals surface area contributed by atoms with Crippen molar-refractivity contribution in [3.05, 3.63) is 54.1 Å². The Morgan fingerprint density at radius 2 is 2.00 bits per heavy atom. The molecule has 2 heterocycles. The first kappa shape index (κ1) is 21.2. The first-order valence-corrected chi connectivity index (χ1v) is 11.2. The number of amides is 1. The van der Waals surface area contributed by atoms with Gasteiger partial charge in [-0.15, -0.1) is 5.92 Å². The summed E-state index contributed by atoms with van der Waals surface area (Å²) >= 11 is 1.58. The molecule has 2 aromatic carbocycles. The quantitative estimate of drug-likeness (QED) is 0.589. The highest BCUT2D eigenvalue weighted by Gasteiger charge is 2.20. The zero-order valence-corrected chi connectivity index (χ0v) is 18.5. The highest BCUT2D eigenvalue weighted by molar-refractivity contribution is 7.13. The number of hydrogen-bond acceptors (Lipinski definition) is 6. The third kappa shape index (κ3) is 5.54. The van der Waals surface area contributed by atoms with Crippen LogP contribution in [-0.2, 0) is 11.2 Å². The predicted octanol–water partition coefficient (Wildman–Crippen LogP) is 4.23. The summed E-state index contributed by atoms with van der Waals surface area (Å²) in [4.78, 5) is 16.7. The molecule has 160 valence electrons. The normalized spacial score (nSPS) is 14.2. The number of rotatable bonds is 6. The molecular weight excluding hydrogens is 408 g/mol. The third-order valence-electron chi connectivity index (χ3n) is 5.37. The second kappa shape index (κ2) is 10.3. The molecule has 0 unspecified atom stereocenters. The van der Waals surface area contributed by atoms with E-state index in [0.29, 0.717) is 0 Å². The summed E-state index contributed by atoms with van der Waals surface area (Å²) in [6, 6.07) is 16.4. The van der Waals surface area contributed by atoms with E-state index in [1.54, 1.807) is 18.5 Å². The van der Waals surface area contributed by atoms with Crippen LogP contribution in [0.25, 0.3) is 10.1 Å². The van der Waals surface area contributed by atoms with E-state index in [4.69, 9.17) is 9.11 Å². The number of ether oxygens (including phenoxy) is 1. The molecular formula is C24H26N4O2S. The lowest BCUT2D eigenvalue weighted by molar-refractivity contribution is 0.176. The number of hydrogen-bond donors (Lipinski definition) is 1. The molecule has 0 aliphatic carbocycles. The van der Waals surface area contributed by atoms with Gasteiger partial charge in [-0.25, -0.2) is 4.79 Å². The van der Waals surface area contributed by atoms with Crippen LogP contribution in [0.1, 0.15) is 12.5 Å². The highest BCUT2D eigenvalue weighted by atomic mass is 32.1. The van der Waals surface area contributed by atoms with Crippen LogP contribution >= 0.6 is 11.5 Å². The number of carbonyl (C=O) groups is 1. The Morgan fingerprint density at radius 1 is 1.16 bits per heavy atom. The molecule has 0 bridgehead atoms. The van der Waals surface area contributed by atoms with Gasteiger partial charge in [-0.1, -0.05) is 30.2 Å². The van der Waals surface area contributed by atoms with Crippen LogP contribution in [0.3, 0.4) is 0 Å². The highest BCUT2D eigenvalue weighted by Crippen LogP contribution is 2.29. The minimum absolute atomic E-state index is 0.102. The molecule has 1 saturated heterocycles. The predicted molar refractivity (Wildman–Crippen MR) is 127 cm³/mol. The van der Waals surface area contributed by atoms with E-state index >= 15 is 0 Å². The molecule has 1 aromatic heterocycles. The average molecular weight is 435 g/mol. The maximum absolute atomic E-state index is 11.8. The molecule has 1 N–H and O–H groups in total. The number of nitrogens with zero attached hydrogens (tertiary/aromatic N) is 3. The third-order valence-corrected chi connectivity index (χ3v) is 6.19. The van der Waals surface area contributed by atoms with Crippen molar-refractivity contribution in [3.8, 4) is 11.8 Å². The Kier molecular flexibility index (Phi) is 7.03. The Bertz CT molecular complexity index is 1090. The Morgan fingerprint density at radius 3 is 2.84 bits per heavy atom. The van der Waals surface area contributed by atoms with Crippen LogP contribution < -0.4 is 10.2 Å². The minimum atomic E-state index is -0.481. The van der Waals surface area contributed by atoms with E-state index in [0.717, 1.165) is 50.6 Å². The van der Waals surface area contributed by atoms with Gasteiger partial charge in [0.25, 0.3) is 0 Å². The number of fused-ring (bicyclic) bond motifs is 1. The average Bonchev–Trinajstić information content (AvgIpc) is 3.23. The molecule has 0 saturated carbocycles. The zero-order valence-electron chi connectivity index (χ0n) is 17.6. The molecule has 0 atom stereocenters. The number of carbonyl (C=O) groups excluding carboxylic acids is 1. The number of anilines is 2. The monoisotopic (exact) mass is 434 g/mol. The van der Waals surface area contributed by atoms with E-state index in [2.05, 4.69) is 57.3 Å². The number of aromatic nitrogens is 1. The Balaban J connectivity index is 1.26. The summed E-state index contributed by atoms with van der Waals surface area (Å²) in [5.74, 6) is 6.53. The largest absolute Gasteiger partial charge is 0.436 e. The van der Waals surface area contributed by atoms with Crippen molar-refractivity contribution >= 4 is 39.2 Å². The molecule has 0 spiro atoms. The van der Waals surface area contributed by atoms with Gasteiger partial charge in [0.1, 0.15) is 5.82 Å². The molecule has 31 heavy (non-hydrogen) atoms. The van der Waals surface area contributed by atoms with E-state index in [1.165, 1.54) is 15.6 Å². The molecule has 0 radical (unpaired) electrons. The first-order chi connectivity index (χ1) is 15.2. The van der Waals surface area contributed by atoms with Crippen molar-refractivity contribution in [3.63, 3.8) is 0 Å². The van der Waals surface area contributed by atoms with Crippen LogP contribution in [0.15, 0.2) is 48.5 Å². The SMILES string of the molecule is CC#CCOC(=O)Nc1cccc(CCN2CCN(c3nsc4ccccc34)CC2)c1. The van der Waals surface area contributed by atoms with E-state index in [1.807, 2.05) is 18.2 Å². The lowest BCUT2D eigenvalue weighted by Gasteiger charge is -2.35. The fourth-order valence-electron chi connectivity index (χ4n) is 3.70. The Hall–Kier alpha value is -3.08. The Labute approximate surface area is 187 Å². The van der Waals surface area contributed by atoms with Crippen LogP contribution in [0.5, 0.6) is 0 Å². The van der Waals surface area contributed by atoms with Gasteiger partial charge in [0, 0.05) is 43.8 Å². The zero-order chi connectivity index (χ0) is 21.5. The van der Waals surface area contributed by atoms with Gasteiger partial charge >= 0.3 is 6.09 Å². The molecule has 1 fully saturated rings. The molecule has 1 aliphatic heterocycles. The van der Waals surface area contributed by atoms with E-state index in [9.17, 15) is 4.79 Å². The smallest absolute Gasteiger partial charge is 0.412 e. The fourth-order valence-corrected chi connectivity index (χ4v) is 4.50. The number of nitrogens with one attached hydrogen (secondary N) is 1. The van der Waals surface area contributed by atoms with Gasteiger partial charge in [-0.05, 0) is 54.7 Å². The number of piperazine rings is 1. The molecule has 1 amide bonds. The summed E-state index contributed by atoms with van der Waals surface area (Å²) in [5, 5.41) is 4.02. The van der Waals surface area contributed by atoms with Gasteiger partial charge < -0.3 is 9.64 Å². The first-order valence-electron chi connectivity index (χ1n) is 10.5. The van der Waals surface area contributed by atoms with E-state index in [-0.39, 0.29) is 6.61 Å². The van der Waals surface area contributed by atoms with Crippen molar-refractivity contribution < 1.29 is 9.53 Å². The van der Waals surface area contributed by atoms with Crippen molar-refractivity contribution in [2.24, 2.45) is 0 Å². The van der Waals surface area contributed by atoms with Crippen molar-refractivity contribution in [2.75, 3.05) is 49.5 Å². The van der Waals surface area contributed by atoms with Crippen molar-refractivity contribution in [2.45, 2.75) is 13.3 Å². The summed E-state index contributed by atoms with van der Waals surface area (Å²) < 4.78 is 10.9. The summed E-state index contributed by atoms with van der Waals surface area (Å²) in [5.41, 5.74) is 1.94. The lowest BCUT2D eigenvalue weighted by Crippen LogP contribution is -2.47. The molecule has 3 aromatic rings. The second-order valence-corrected chi connectivity index (χ2v) is 8.21. The number of benzene rings is 2. The van der Waals surface area contributed by atoms with Gasteiger partial charge in [-0.3, -0.25) is 10.2 Å². The minimum Gasteiger partial charge on any atom is -0.436 e. The maximum atomic E-state index is 11.8. The van der Waals surface area contributed by atoms with Crippen molar-refractivity contribution in [1.82, 2.24) is 9.27 Å². The summed E-state index contributed by atoms with van der Waals surface area (Å²) in [7, 11) is 0. The van der Waals surface area contributed by atoms with Gasteiger partial charge in [-0.2, -0.15) is 4.37 Å². The van der Waals surface area contributed by atoms with Gasteiger partial charge in [0.15, 0.2) is 6.61 Å². The van der Waals surface area contributed by atoms with Crippen LogP contribution in [0.2, 0.25) is 0 Å². The molecule has 1 aliphatic rings. The summed E-state index contributed by atoms with van der Waals surface area (Å²) in [6.07, 6.45) is 0.455. The van der Waals surface area contributed by atoms with E-state index < -0.39 is 6.09 Å². The van der Waals surface area contributed by atoms with Crippen LogP contribution in [-0.4, -0.2) is 54.7 Å². The van der Waals surface area contributed by atoms with Crippen molar-refractivity contribution in [1.29, 1.82) is 0 Å². The molecule has 7 heteroatoms. The maximum Gasteiger partial charge on any atom is 0.412 e. The van der Waals surface area contributed by atoms with Crippen LogP contribution in [0.4, 0.5) is 16.3 Å². The molecule has 4 rings (SSSR count). The second-order valence-electron chi connectivity index (χ2n) is 7.41. The molecule has 6 nitrogen and oxygen atoms in total. The van der Waals surface area contributed by atoms with Gasteiger partial charge in [0.05, 0.1) is 4.70 Å². The lowest BCUT2D eigenvalue weighted by atomic mass is 10.1. The standard InChI is InChI=1S/C24H26N4O2S/c1-2-3-17-30-24(29)25-20-8-6-7-19(18-20)11-12-27-13-15-28(16-14-27)23-21-9-4-5-10-22(21)31-26-23/h4-10,18H,11-17H2,1H3,(H,25,29). The summed E-state index contributed by atoms with van der Waals surface area (Å²) in [6.45, 7) is 6.83.